The molecule has 0 bridgehead atoms. The number of benzene rings is 2. The summed E-state index contributed by atoms with van der Waals surface area (Å²) in [7, 11) is 1.83. The lowest BCUT2D eigenvalue weighted by Gasteiger charge is -2.21. The van der Waals surface area contributed by atoms with E-state index in [1.807, 2.05) is 11.9 Å². The fraction of sp³-hybridized carbons (Fsp3) is 0.389. The number of rotatable bonds is 3. The van der Waals surface area contributed by atoms with Gasteiger partial charge in [-0.1, -0.05) is 42.5 Å². The number of amides is 1. The molecule has 1 amide bonds. The van der Waals surface area contributed by atoms with Crippen molar-refractivity contribution < 1.29 is 4.79 Å². The van der Waals surface area contributed by atoms with Crippen LogP contribution in [0.3, 0.4) is 0 Å². The molecule has 4 rings (SSSR count). The molecule has 2 atom stereocenters. The first kappa shape index (κ1) is 12.8. The Bertz CT molecular complexity index is 711. The Morgan fingerprint density at radius 3 is 2.90 bits per heavy atom. The second-order valence-electron chi connectivity index (χ2n) is 6.42. The van der Waals surface area contributed by atoms with Crippen LogP contribution in [0.25, 0.3) is 10.8 Å². The zero-order valence-corrected chi connectivity index (χ0v) is 12.3. The second-order valence-corrected chi connectivity index (χ2v) is 6.42. The average Bonchev–Trinajstić information content (AvgIpc) is 3.09. The van der Waals surface area contributed by atoms with E-state index in [-0.39, 0.29) is 11.3 Å². The number of likely N-dealkylation sites (N-methyl/N-ethyl adjacent to an activating group) is 1. The molecule has 1 aliphatic heterocycles. The number of nitrogens with zero attached hydrogens (tertiary/aromatic N) is 1. The molecule has 1 saturated carbocycles. The number of hydrogen-bond acceptors (Lipinski definition) is 2. The maximum absolute atomic E-state index is 12.1. The Kier molecular flexibility index (Phi) is 2.79. The minimum Gasteiger partial charge on any atom is -0.340 e. The first-order valence-electron chi connectivity index (χ1n) is 7.64. The summed E-state index contributed by atoms with van der Waals surface area (Å²) in [6, 6.07) is 15.3. The minimum atomic E-state index is 0.227. The van der Waals surface area contributed by atoms with Crippen molar-refractivity contribution in [3.8, 4) is 0 Å². The topological polar surface area (TPSA) is 32.3 Å². The molecular formula is C18H20N2O. The molecule has 3 heteroatoms. The van der Waals surface area contributed by atoms with Gasteiger partial charge in [-0.15, -0.1) is 0 Å². The van der Waals surface area contributed by atoms with Gasteiger partial charge in [0.2, 0.25) is 5.91 Å². The zero-order valence-electron chi connectivity index (χ0n) is 12.3. The molecule has 21 heavy (non-hydrogen) atoms. The Morgan fingerprint density at radius 1 is 1.29 bits per heavy atom. The van der Waals surface area contributed by atoms with Gasteiger partial charge in [-0.2, -0.15) is 0 Å². The second kappa shape index (κ2) is 4.57. The largest absolute Gasteiger partial charge is 0.340 e. The summed E-state index contributed by atoms with van der Waals surface area (Å²) >= 11 is 0. The van der Waals surface area contributed by atoms with Gasteiger partial charge in [0.05, 0.1) is 6.54 Å². The van der Waals surface area contributed by atoms with Crippen molar-refractivity contribution in [2.75, 3.05) is 26.7 Å². The van der Waals surface area contributed by atoms with Gasteiger partial charge < -0.3 is 10.2 Å². The van der Waals surface area contributed by atoms with E-state index in [0.717, 1.165) is 13.1 Å². The van der Waals surface area contributed by atoms with Crippen LogP contribution in [0, 0.1) is 5.92 Å². The van der Waals surface area contributed by atoms with Crippen molar-refractivity contribution in [3.63, 3.8) is 0 Å². The monoisotopic (exact) mass is 280 g/mol. The quantitative estimate of drug-likeness (QED) is 0.934. The highest BCUT2D eigenvalue weighted by Gasteiger charge is 2.61. The summed E-state index contributed by atoms with van der Waals surface area (Å²) in [5.74, 6) is 0.879. The molecule has 1 N–H and O–H groups in total. The third kappa shape index (κ3) is 1.95. The van der Waals surface area contributed by atoms with E-state index in [2.05, 4.69) is 47.8 Å². The third-order valence-electron chi connectivity index (χ3n) is 5.15. The van der Waals surface area contributed by atoms with Gasteiger partial charge in [0.1, 0.15) is 0 Å². The zero-order chi connectivity index (χ0) is 14.4. The molecular weight excluding hydrogens is 260 g/mol. The van der Waals surface area contributed by atoms with Gasteiger partial charge in [0.15, 0.2) is 0 Å². The van der Waals surface area contributed by atoms with Crippen LogP contribution >= 0.6 is 0 Å². The number of carbonyl (C=O) groups excluding carboxylic acids is 1. The van der Waals surface area contributed by atoms with Crippen LogP contribution in [0.1, 0.15) is 12.0 Å². The smallest absolute Gasteiger partial charge is 0.236 e. The highest BCUT2D eigenvalue weighted by Crippen LogP contribution is 2.59. The number of fused-ring (bicyclic) bond motifs is 2. The van der Waals surface area contributed by atoms with Crippen LogP contribution in [0.5, 0.6) is 0 Å². The van der Waals surface area contributed by atoms with E-state index in [1.54, 1.807) is 0 Å². The number of hydrogen-bond donors (Lipinski definition) is 1. The average molecular weight is 280 g/mol. The van der Waals surface area contributed by atoms with Gasteiger partial charge in [0.25, 0.3) is 0 Å². The van der Waals surface area contributed by atoms with Gasteiger partial charge in [-0.05, 0) is 35.7 Å². The van der Waals surface area contributed by atoms with Crippen LogP contribution in [-0.4, -0.2) is 37.5 Å². The standard InChI is InChI=1S/C18H20N2O/c1-19-10-17(21)20-11-16-9-18(16,12-20)15-7-6-13-4-2-3-5-14(13)8-15/h2-8,16,19H,9-12H2,1H3/t16-,18+/m1/s1. The highest BCUT2D eigenvalue weighted by atomic mass is 16.2. The lowest BCUT2D eigenvalue weighted by atomic mass is 9.93. The van der Waals surface area contributed by atoms with Crippen molar-refractivity contribution in [1.29, 1.82) is 0 Å². The lowest BCUT2D eigenvalue weighted by Crippen LogP contribution is -2.38. The van der Waals surface area contributed by atoms with Crippen LogP contribution in [-0.2, 0) is 10.2 Å². The van der Waals surface area contributed by atoms with E-state index in [0.29, 0.717) is 12.5 Å². The number of likely N-dealkylation sites (tertiary alicyclic amines) is 1. The molecule has 1 aliphatic carbocycles. The predicted octanol–water partition coefficient (Wildman–Crippen LogP) is 2.16. The van der Waals surface area contributed by atoms with Crippen molar-refractivity contribution in [3.05, 3.63) is 48.0 Å². The Hall–Kier alpha value is -1.87. The molecule has 2 aromatic carbocycles. The fourth-order valence-corrected chi connectivity index (χ4v) is 3.88. The summed E-state index contributed by atoms with van der Waals surface area (Å²) in [6.45, 7) is 2.25. The van der Waals surface area contributed by atoms with E-state index in [4.69, 9.17) is 0 Å². The summed E-state index contributed by atoms with van der Waals surface area (Å²) in [4.78, 5) is 14.1. The van der Waals surface area contributed by atoms with Crippen molar-refractivity contribution in [1.82, 2.24) is 10.2 Å². The van der Waals surface area contributed by atoms with E-state index >= 15 is 0 Å². The lowest BCUT2D eigenvalue weighted by molar-refractivity contribution is -0.129. The summed E-state index contributed by atoms with van der Waals surface area (Å²) < 4.78 is 0. The Balaban J connectivity index is 1.63. The highest BCUT2D eigenvalue weighted by molar-refractivity contribution is 5.84. The summed E-state index contributed by atoms with van der Waals surface area (Å²) in [6.07, 6.45) is 1.23. The van der Waals surface area contributed by atoms with Gasteiger partial charge >= 0.3 is 0 Å². The number of nitrogens with one attached hydrogen (secondary N) is 1. The molecule has 0 spiro atoms. The van der Waals surface area contributed by atoms with E-state index in [9.17, 15) is 4.79 Å². The number of carbonyl (C=O) groups is 1. The summed E-state index contributed by atoms with van der Waals surface area (Å²) in [5, 5.41) is 5.55. The molecule has 1 saturated heterocycles. The minimum absolute atomic E-state index is 0.227. The van der Waals surface area contributed by atoms with Crippen molar-refractivity contribution in [2.45, 2.75) is 11.8 Å². The van der Waals surface area contributed by atoms with Crippen LogP contribution < -0.4 is 5.32 Å². The van der Waals surface area contributed by atoms with E-state index < -0.39 is 0 Å². The summed E-state index contributed by atoms with van der Waals surface area (Å²) in [5.41, 5.74) is 1.64. The molecule has 2 aliphatic rings. The molecule has 0 radical (unpaired) electrons. The maximum Gasteiger partial charge on any atom is 0.236 e. The molecule has 2 aromatic rings. The maximum atomic E-state index is 12.1. The molecule has 3 nitrogen and oxygen atoms in total. The molecule has 2 fully saturated rings. The predicted molar refractivity (Wildman–Crippen MR) is 84.2 cm³/mol. The number of piperidine rings is 1. The Morgan fingerprint density at radius 2 is 2.10 bits per heavy atom. The van der Waals surface area contributed by atoms with Gasteiger partial charge in [0, 0.05) is 18.5 Å². The van der Waals surface area contributed by atoms with Crippen LogP contribution in [0.15, 0.2) is 42.5 Å². The Labute approximate surface area is 124 Å². The van der Waals surface area contributed by atoms with Gasteiger partial charge in [-0.25, -0.2) is 0 Å². The van der Waals surface area contributed by atoms with Crippen molar-refractivity contribution in [2.24, 2.45) is 5.92 Å². The third-order valence-corrected chi connectivity index (χ3v) is 5.15. The van der Waals surface area contributed by atoms with Crippen LogP contribution in [0.2, 0.25) is 0 Å². The normalized spacial score (nSPS) is 26.9. The first-order valence-corrected chi connectivity index (χ1v) is 7.64. The fourth-order valence-electron chi connectivity index (χ4n) is 3.88. The molecule has 1 heterocycles. The first-order chi connectivity index (χ1) is 10.2. The van der Waals surface area contributed by atoms with Crippen LogP contribution in [0.4, 0.5) is 0 Å². The van der Waals surface area contributed by atoms with Gasteiger partial charge in [-0.3, -0.25) is 4.79 Å². The molecule has 0 unspecified atom stereocenters. The van der Waals surface area contributed by atoms with E-state index in [1.165, 1.54) is 22.8 Å². The molecule has 108 valence electrons. The SMILES string of the molecule is CNCC(=O)N1C[C@H]2C[C@@]2(c2ccc3ccccc3c2)C1. The molecule has 0 aromatic heterocycles. The van der Waals surface area contributed by atoms with Crippen molar-refractivity contribution >= 4 is 16.7 Å².